The number of benzene rings is 2. The maximum Gasteiger partial charge on any atom is 0.251 e. The van der Waals surface area contributed by atoms with Crippen molar-refractivity contribution in [2.45, 2.75) is 33.2 Å². The number of nitrogens with one attached hydrogen (secondary N) is 1. The summed E-state index contributed by atoms with van der Waals surface area (Å²) in [7, 11) is 0. The van der Waals surface area contributed by atoms with E-state index in [-0.39, 0.29) is 11.4 Å². The van der Waals surface area contributed by atoms with Gasteiger partial charge in [0, 0.05) is 34.2 Å². The highest BCUT2D eigenvalue weighted by molar-refractivity contribution is 6.30. The van der Waals surface area contributed by atoms with Crippen LogP contribution in [0.15, 0.2) is 54.9 Å². The molecule has 4 nitrogen and oxygen atoms in total. The average molecular weight is 368 g/mol. The molecule has 1 amide bonds. The number of aryl methyl sites for hydroxylation is 1. The number of amides is 1. The van der Waals surface area contributed by atoms with Gasteiger partial charge in [-0.25, -0.2) is 4.98 Å². The number of rotatable bonds is 3. The molecule has 5 heteroatoms. The van der Waals surface area contributed by atoms with E-state index in [2.05, 4.69) is 10.3 Å². The van der Waals surface area contributed by atoms with Crippen molar-refractivity contribution < 1.29 is 4.79 Å². The largest absolute Gasteiger partial charge is 0.347 e. The molecule has 0 saturated carbocycles. The first kappa shape index (κ1) is 18.2. The normalized spacial score (nSPS) is 11.4. The van der Waals surface area contributed by atoms with Gasteiger partial charge in [-0.1, -0.05) is 23.7 Å². The number of aromatic nitrogens is 2. The van der Waals surface area contributed by atoms with Crippen molar-refractivity contribution in [3.05, 3.63) is 71.3 Å². The van der Waals surface area contributed by atoms with E-state index in [0.29, 0.717) is 10.6 Å². The third kappa shape index (κ3) is 4.14. The molecule has 3 aromatic rings. The van der Waals surface area contributed by atoms with E-state index in [1.807, 2.05) is 80.9 Å². The molecule has 134 valence electrons. The molecule has 26 heavy (non-hydrogen) atoms. The second-order valence-corrected chi connectivity index (χ2v) is 7.76. The molecule has 3 rings (SSSR count). The van der Waals surface area contributed by atoms with Crippen molar-refractivity contribution >= 4 is 17.5 Å². The van der Waals surface area contributed by atoms with Crippen LogP contribution in [0.2, 0.25) is 5.02 Å². The van der Waals surface area contributed by atoms with Crippen molar-refractivity contribution in [3.8, 4) is 16.8 Å². The molecule has 1 aromatic heterocycles. The fraction of sp³-hybridized carbons (Fsp3) is 0.238. The predicted octanol–water partition coefficient (Wildman–Crippen LogP) is 5.03. The molecule has 2 aromatic carbocycles. The first-order valence-electron chi connectivity index (χ1n) is 8.47. The number of imidazole rings is 1. The topological polar surface area (TPSA) is 46.9 Å². The Labute approximate surface area is 158 Å². The molecule has 1 N–H and O–H groups in total. The molecule has 0 saturated heterocycles. The zero-order valence-corrected chi connectivity index (χ0v) is 16.1. The maximum absolute atomic E-state index is 12.7. The zero-order chi connectivity index (χ0) is 18.9. The first-order valence-corrected chi connectivity index (χ1v) is 8.85. The van der Waals surface area contributed by atoms with Gasteiger partial charge in [-0.2, -0.15) is 0 Å². The van der Waals surface area contributed by atoms with Crippen LogP contribution < -0.4 is 5.32 Å². The lowest BCUT2D eigenvalue weighted by atomic mass is 10.0. The Kier molecular flexibility index (Phi) is 4.88. The van der Waals surface area contributed by atoms with E-state index in [9.17, 15) is 4.79 Å². The van der Waals surface area contributed by atoms with Gasteiger partial charge in [-0.05, 0) is 69.2 Å². The first-order chi connectivity index (χ1) is 12.2. The molecule has 0 aliphatic rings. The minimum Gasteiger partial charge on any atom is -0.347 e. The lowest BCUT2D eigenvalue weighted by Crippen LogP contribution is -2.40. The molecular weight excluding hydrogens is 346 g/mol. The molecule has 0 spiro atoms. The summed E-state index contributed by atoms with van der Waals surface area (Å²) >= 11 is 6.01. The lowest BCUT2D eigenvalue weighted by Gasteiger charge is -2.21. The molecule has 0 fully saturated rings. The van der Waals surface area contributed by atoms with Gasteiger partial charge in [0.2, 0.25) is 0 Å². The maximum atomic E-state index is 12.7. The Balaban J connectivity index is 2.12. The summed E-state index contributed by atoms with van der Waals surface area (Å²) in [4.78, 5) is 17.0. The van der Waals surface area contributed by atoms with Crippen molar-refractivity contribution in [2.75, 3.05) is 0 Å². The van der Waals surface area contributed by atoms with Crippen LogP contribution in [0.4, 0.5) is 0 Å². The second-order valence-electron chi connectivity index (χ2n) is 7.32. The highest BCUT2D eigenvalue weighted by atomic mass is 35.5. The number of carbonyl (C=O) groups is 1. The van der Waals surface area contributed by atoms with Crippen LogP contribution in [-0.2, 0) is 0 Å². The van der Waals surface area contributed by atoms with E-state index < -0.39 is 0 Å². The minimum atomic E-state index is -0.307. The van der Waals surface area contributed by atoms with Crippen LogP contribution in [0.1, 0.15) is 37.0 Å². The van der Waals surface area contributed by atoms with Crippen molar-refractivity contribution in [2.24, 2.45) is 0 Å². The summed E-state index contributed by atoms with van der Waals surface area (Å²) in [5.41, 5.74) is 3.14. The van der Waals surface area contributed by atoms with E-state index >= 15 is 0 Å². The van der Waals surface area contributed by atoms with Gasteiger partial charge in [0.1, 0.15) is 5.82 Å². The van der Waals surface area contributed by atoms with Crippen molar-refractivity contribution in [1.82, 2.24) is 14.9 Å². The molecule has 0 aliphatic heterocycles. The monoisotopic (exact) mass is 367 g/mol. The molecule has 0 bridgehead atoms. The Hall–Kier alpha value is -2.59. The van der Waals surface area contributed by atoms with Gasteiger partial charge >= 0.3 is 0 Å². The van der Waals surface area contributed by atoms with Gasteiger partial charge in [-0.3, -0.25) is 4.79 Å². The van der Waals surface area contributed by atoms with Gasteiger partial charge in [-0.15, -0.1) is 0 Å². The molecule has 1 heterocycles. The molecule has 0 radical (unpaired) electrons. The molecule has 0 unspecified atom stereocenters. The van der Waals surface area contributed by atoms with E-state index in [4.69, 9.17) is 11.6 Å². The Morgan fingerprint density at radius 2 is 1.77 bits per heavy atom. The van der Waals surface area contributed by atoms with Gasteiger partial charge in [0.25, 0.3) is 5.91 Å². The van der Waals surface area contributed by atoms with Crippen molar-refractivity contribution in [3.63, 3.8) is 0 Å². The van der Waals surface area contributed by atoms with Crippen LogP contribution in [0.25, 0.3) is 16.8 Å². The predicted molar refractivity (Wildman–Crippen MR) is 106 cm³/mol. The number of hydrogen-bond acceptors (Lipinski definition) is 2. The summed E-state index contributed by atoms with van der Waals surface area (Å²) in [6.45, 7) is 7.84. The van der Waals surface area contributed by atoms with Crippen molar-refractivity contribution in [1.29, 1.82) is 0 Å². The minimum absolute atomic E-state index is 0.104. The van der Waals surface area contributed by atoms with Gasteiger partial charge in [0.15, 0.2) is 0 Å². The summed E-state index contributed by atoms with van der Waals surface area (Å²) in [5, 5.41) is 3.71. The standard InChI is InChI=1S/C21H22ClN3O/c1-14-23-9-10-25(14)19-12-16(15-5-7-18(22)8-6-15)11-17(13-19)20(26)24-21(2,3)4/h5-13H,1-4H3,(H,24,26). The van der Waals surface area contributed by atoms with Gasteiger partial charge in [0.05, 0.1) is 0 Å². The lowest BCUT2D eigenvalue weighted by molar-refractivity contribution is 0.0919. The van der Waals surface area contributed by atoms with E-state index in [1.54, 1.807) is 6.20 Å². The Bertz CT molecular complexity index is 937. The van der Waals surface area contributed by atoms with Crippen LogP contribution in [0.3, 0.4) is 0 Å². The summed E-state index contributed by atoms with van der Waals surface area (Å²) in [5.74, 6) is 0.757. The fourth-order valence-corrected chi connectivity index (χ4v) is 2.88. The highest BCUT2D eigenvalue weighted by Crippen LogP contribution is 2.26. The van der Waals surface area contributed by atoms with E-state index in [0.717, 1.165) is 22.6 Å². The molecule has 0 aliphatic carbocycles. The van der Waals surface area contributed by atoms with Crippen LogP contribution in [0.5, 0.6) is 0 Å². The smallest absolute Gasteiger partial charge is 0.251 e. The molecular formula is C21H22ClN3O. The van der Waals surface area contributed by atoms with E-state index in [1.165, 1.54) is 0 Å². The second kappa shape index (κ2) is 6.96. The number of nitrogens with zero attached hydrogens (tertiary/aromatic N) is 2. The van der Waals surface area contributed by atoms with Gasteiger partial charge < -0.3 is 9.88 Å². The molecule has 0 atom stereocenters. The quantitative estimate of drug-likeness (QED) is 0.705. The SMILES string of the molecule is Cc1nccn1-c1cc(C(=O)NC(C)(C)C)cc(-c2ccc(Cl)cc2)c1. The Morgan fingerprint density at radius 1 is 1.08 bits per heavy atom. The van der Waals surface area contributed by atoms with Crippen LogP contribution in [-0.4, -0.2) is 21.0 Å². The number of halogens is 1. The summed E-state index contributed by atoms with van der Waals surface area (Å²) in [6.07, 6.45) is 3.64. The zero-order valence-electron chi connectivity index (χ0n) is 15.4. The third-order valence-electron chi connectivity index (χ3n) is 3.95. The summed E-state index contributed by atoms with van der Waals surface area (Å²) in [6, 6.07) is 13.4. The summed E-state index contributed by atoms with van der Waals surface area (Å²) < 4.78 is 1.97. The Morgan fingerprint density at radius 3 is 2.35 bits per heavy atom. The average Bonchev–Trinajstić information content (AvgIpc) is 2.99. The number of hydrogen-bond donors (Lipinski definition) is 1. The fourth-order valence-electron chi connectivity index (χ4n) is 2.75. The highest BCUT2D eigenvalue weighted by Gasteiger charge is 2.17. The van der Waals surface area contributed by atoms with Crippen LogP contribution >= 0.6 is 11.6 Å². The third-order valence-corrected chi connectivity index (χ3v) is 4.20. The number of carbonyl (C=O) groups excluding carboxylic acids is 1. The van der Waals surface area contributed by atoms with Crippen LogP contribution in [0, 0.1) is 6.92 Å².